The second-order valence-electron chi connectivity index (χ2n) is 7.30. The molecule has 2 N–H and O–H groups in total. The third-order valence-corrected chi connectivity index (χ3v) is 4.44. The molecule has 2 aromatic carbocycles. The molecule has 0 saturated heterocycles. The van der Waals surface area contributed by atoms with Gasteiger partial charge in [-0.05, 0) is 37.1 Å². The average molecular weight is 368 g/mol. The molecule has 0 spiro atoms. The Kier molecular flexibility index (Phi) is 4.59. The van der Waals surface area contributed by atoms with Crippen LogP contribution in [-0.4, -0.2) is 19.7 Å². The lowest BCUT2D eigenvalue weighted by Gasteiger charge is -2.19. The van der Waals surface area contributed by atoms with E-state index in [2.05, 4.69) is 73.2 Å². The lowest BCUT2D eigenvalue weighted by Crippen LogP contribution is -2.23. The summed E-state index contributed by atoms with van der Waals surface area (Å²) < 4.78 is 1.95. The number of halogens is 1. The molecule has 4 rings (SSSR count). The molecule has 26 heavy (non-hydrogen) atoms. The van der Waals surface area contributed by atoms with E-state index < -0.39 is 0 Å². The zero-order valence-corrected chi connectivity index (χ0v) is 15.9. The minimum atomic E-state index is -0.184. The number of nitrogens with zero attached hydrogens (tertiary/aromatic N) is 4. The Balaban J connectivity index is 0.00000196. The maximum Gasteiger partial charge on any atom is 0.164 e. The van der Waals surface area contributed by atoms with Gasteiger partial charge in [0.2, 0.25) is 0 Å². The van der Waals surface area contributed by atoms with E-state index in [4.69, 9.17) is 10.8 Å². The zero-order chi connectivity index (χ0) is 17.6. The summed E-state index contributed by atoms with van der Waals surface area (Å²) in [5, 5.41) is 8.17. The first-order valence-corrected chi connectivity index (χ1v) is 8.40. The first-order valence-electron chi connectivity index (χ1n) is 8.40. The summed E-state index contributed by atoms with van der Waals surface area (Å²) in [6, 6.07) is 14.7. The van der Waals surface area contributed by atoms with Gasteiger partial charge in [-0.3, -0.25) is 0 Å². The van der Waals surface area contributed by atoms with Gasteiger partial charge in [-0.1, -0.05) is 42.5 Å². The molecule has 0 aliphatic rings. The molecule has 6 heteroatoms. The monoisotopic (exact) mass is 367 g/mol. The van der Waals surface area contributed by atoms with E-state index in [1.54, 1.807) is 0 Å². The lowest BCUT2D eigenvalue weighted by molar-refractivity contribution is 0.363. The number of hydrogen-bond donors (Lipinski definition) is 1. The first kappa shape index (κ1) is 18.1. The van der Waals surface area contributed by atoms with Crippen molar-refractivity contribution in [1.29, 1.82) is 0 Å². The van der Waals surface area contributed by atoms with Crippen LogP contribution in [0.5, 0.6) is 0 Å². The predicted octanol–water partition coefficient (Wildman–Crippen LogP) is 4.33. The number of nitrogen functional groups attached to an aromatic ring is 1. The Morgan fingerprint density at radius 2 is 1.73 bits per heavy atom. The number of rotatable bonds is 2. The molecule has 0 aliphatic heterocycles. The Bertz CT molecular complexity index is 1070. The number of anilines is 1. The van der Waals surface area contributed by atoms with Gasteiger partial charge in [-0.2, -0.15) is 5.10 Å². The fourth-order valence-electron chi connectivity index (χ4n) is 3.26. The largest absolute Gasteiger partial charge is 0.383 e. The van der Waals surface area contributed by atoms with Gasteiger partial charge in [0.15, 0.2) is 5.65 Å². The second kappa shape index (κ2) is 6.57. The van der Waals surface area contributed by atoms with E-state index >= 15 is 0 Å². The van der Waals surface area contributed by atoms with Crippen molar-refractivity contribution in [2.75, 3.05) is 5.73 Å². The standard InChI is InChI=1S/C20H21N5.ClH/c1-20(2,3)25-19-17(18(21)22-12-23-19)16(24-25)11-14-9-6-8-13-7-4-5-10-15(13)14;/h4-10,12H,11H2,1-3H3,(H2,21,22,23);1H. The van der Waals surface area contributed by atoms with E-state index in [1.165, 1.54) is 22.7 Å². The minimum Gasteiger partial charge on any atom is -0.383 e. The SMILES string of the molecule is CC(C)(C)n1nc(Cc2cccc3ccccc23)c2c(N)ncnc21.Cl. The van der Waals surface area contributed by atoms with Gasteiger partial charge in [0.25, 0.3) is 0 Å². The highest BCUT2D eigenvalue weighted by Gasteiger charge is 2.23. The van der Waals surface area contributed by atoms with Crippen LogP contribution in [0.15, 0.2) is 48.8 Å². The Morgan fingerprint density at radius 3 is 2.50 bits per heavy atom. The quantitative estimate of drug-likeness (QED) is 0.572. The summed E-state index contributed by atoms with van der Waals surface area (Å²) in [6.45, 7) is 6.33. The van der Waals surface area contributed by atoms with Crippen LogP contribution in [0.1, 0.15) is 32.0 Å². The van der Waals surface area contributed by atoms with Gasteiger partial charge >= 0.3 is 0 Å². The topological polar surface area (TPSA) is 69.6 Å². The predicted molar refractivity (Wildman–Crippen MR) is 109 cm³/mol. The van der Waals surface area contributed by atoms with Crippen molar-refractivity contribution >= 4 is 40.0 Å². The van der Waals surface area contributed by atoms with Gasteiger partial charge in [0, 0.05) is 6.42 Å². The molecular weight excluding hydrogens is 346 g/mol. The van der Waals surface area contributed by atoms with Gasteiger partial charge < -0.3 is 5.73 Å². The van der Waals surface area contributed by atoms with Gasteiger partial charge in [0.05, 0.1) is 16.6 Å². The van der Waals surface area contributed by atoms with Crippen LogP contribution in [0, 0.1) is 0 Å². The maximum atomic E-state index is 6.18. The van der Waals surface area contributed by atoms with Crippen LogP contribution >= 0.6 is 12.4 Å². The van der Waals surface area contributed by atoms with Crippen LogP contribution in [-0.2, 0) is 12.0 Å². The van der Waals surface area contributed by atoms with Crippen molar-refractivity contribution in [3.8, 4) is 0 Å². The maximum absolute atomic E-state index is 6.18. The Labute approximate surface area is 158 Å². The third kappa shape index (κ3) is 2.99. The van der Waals surface area contributed by atoms with Crippen molar-refractivity contribution in [2.45, 2.75) is 32.7 Å². The van der Waals surface area contributed by atoms with E-state index in [0.717, 1.165) is 16.7 Å². The van der Waals surface area contributed by atoms with E-state index in [-0.39, 0.29) is 17.9 Å². The molecule has 0 bridgehead atoms. The summed E-state index contributed by atoms with van der Waals surface area (Å²) >= 11 is 0. The molecule has 4 aromatic rings. The highest BCUT2D eigenvalue weighted by Crippen LogP contribution is 2.29. The van der Waals surface area contributed by atoms with Gasteiger partial charge in [-0.25, -0.2) is 14.6 Å². The molecule has 0 unspecified atom stereocenters. The summed E-state index contributed by atoms with van der Waals surface area (Å²) in [4.78, 5) is 8.62. The highest BCUT2D eigenvalue weighted by molar-refractivity contribution is 5.90. The molecule has 5 nitrogen and oxygen atoms in total. The molecule has 0 amide bonds. The molecule has 0 atom stereocenters. The molecule has 2 aromatic heterocycles. The van der Waals surface area contributed by atoms with Crippen LogP contribution in [0.2, 0.25) is 0 Å². The Morgan fingerprint density at radius 1 is 1.00 bits per heavy atom. The third-order valence-electron chi connectivity index (χ3n) is 4.44. The minimum absolute atomic E-state index is 0. The first-order chi connectivity index (χ1) is 11.9. The summed E-state index contributed by atoms with van der Waals surface area (Å²) in [5.41, 5.74) is 8.92. The van der Waals surface area contributed by atoms with Crippen molar-refractivity contribution in [2.24, 2.45) is 0 Å². The lowest BCUT2D eigenvalue weighted by atomic mass is 10.0. The van der Waals surface area contributed by atoms with Gasteiger partial charge in [-0.15, -0.1) is 12.4 Å². The summed E-state index contributed by atoms with van der Waals surface area (Å²) in [7, 11) is 0. The number of aromatic nitrogens is 4. The van der Waals surface area contributed by atoms with E-state index in [0.29, 0.717) is 12.2 Å². The number of benzene rings is 2. The molecule has 2 heterocycles. The molecule has 0 aliphatic carbocycles. The number of nitrogens with two attached hydrogens (primary N) is 1. The fourth-order valence-corrected chi connectivity index (χ4v) is 3.26. The van der Waals surface area contributed by atoms with Crippen molar-refractivity contribution in [3.63, 3.8) is 0 Å². The smallest absolute Gasteiger partial charge is 0.164 e. The van der Waals surface area contributed by atoms with Crippen molar-refractivity contribution in [1.82, 2.24) is 19.7 Å². The molecule has 134 valence electrons. The van der Waals surface area contributed by atoms with Crippen molar-refractivity contribution in [3.05, 3.63) is 60.0 Å². The highest BCUT2D eigenvalue weighted by atomic mass is 35.5. The van der Waals surface area contributed by atoms with Gasteiger partial charge in [0.1, 0.15) is 12.1 Å². The normalized spacial score (nSPS) is 11.7. The molecule has 0 saturated carbocycles. The average Bonchev–Trinajstić information content (AvgIpc) is 2.95. The molecule has 0 fully saturated rings. The van der Waals surface area contributed by atoms with E-state index in [9.17, 15) is 0 Å². The molecular formula is C20H22ClN5. The zero-order valence-electron chi connectivity index (χ0n) is 15.1. The van der Waals surface area contributed by atoms with Crippen LogP contribution in [0.25, 0.3) is 21.8 Å². The number of hydrogen-bond acceptors (Lipinski definition) is 4. The number of fused-ring (bicyclic) bond motifs is 2. The summed E-state index contributed by atoms with van der Waals surface area (Å²) in [5.74, 6) is 0.482. The van der Waals surface area contributed by atoms with Crippen molar-refractivity contribution < 1.29 is 0 Å². The van der Waals surface area contributed by atoms with Crippen LogP contribution in [0.4, 0.5) is 5.82 Å². The van der Waals surface area contributed by atoms with E-state index in [1.807, 2.05) is 4.68 Å². The molecule has 0 radical (unpaired) electrons. The second-order valence-corrected chi connectivity index (χ2v) is 7.30. The fraction of sp³-hybridized carbons (Fsp3) is 0.250. The Hall–Kier alpha value is -2.66. The van der Waals surface area contributed by atoms with Crippen LogP contribution < -0.4 is 5.73 Å². The summed E-state index contributed by atoms with van der Waals surface area (Å²) in [6.07, 6.45) is 2.20. The van der Waals surface area contributed by atoms with Crippen LogP contribution in [0.3, 0.4) is 0 Å².